The normalized spacial score (nSPS) is 14.5. The number of Topliss-reactive ketones (excluding diaryl/α,β-unsaturated/α-hetero) is 1. The first-order valence-corrected chi connectivity index (χ1v) is 8.57. The summed E-state index contributed by atoms with van der Waals surface area (Å²) in [5, 5.41) is 7.93. The summed E-state index contributed by atoms with van der Waals surface area (Å²) in [5.41, 5.74) is 0.807. The minimum atomic E-state index is -0.576. The van der Waals surface area contributed by atoms with Gasteiger partial charge in [-0.05, 0) is 6.92 Å². The van der Waals surface area contributed by atoms with Crippen molar-refractivity contribution < 1.29 is 14.3 Å². The van der Waals surface area contributed by atoms with E-state index in [2.05, 4.69) is 25.4 Å². The minimum Gasteiger partial charge on any atom is -0.494 e. The Balaban J connectivity index is 1.79. The van der Waals surface area contributed by atoms with Crippen LogP contribution in [0.2, 0.25) is 0 Å². The first-order valence-electron chi connectivity index (χ1n) is 8.57. The van der Waals surface area contributed by atoms with Crippen LogP contribution in [-0.2, 0) is 4.79 Å². The number of fused-ring (bicyclic) bond motifs is 1. The number of carbonyl (C=O) groups is 2. The van der Waals surface area contributed by atoms with Crippen molar-refractivity contribution in [2.45, 2.75) is 6.92 Å². The fourth-order valence-corrected chi connectivity index (χ4v) is 3.19. The number of methoxy groups -OCH3 is 1. The molecular formula is C17H19N7O3. The summed E-state index contributed by atoms with van der Waals surface area (Å²) in [6.45, 7) is 4.14. The maximum atomic E-state index is 12.9. The van der Waals surface area contributed by atoms with Crippen LogP contribution in [0.1, 0.15) is 16.2 Å². The zero-order valence-electron chi connectivity index (χ0n) is 15.0. The Morgan fingerprint density at radius 2 is 2.00 bits per heavy atom. The van der Waals surface area contributed by atoms with Gasteiger partial charge in [-0.25, -0.2) is 14.6 Å². The largest absolute Gasteiger partial charge is 0.494 e. The molecule has 0 atom stereocenters. The van der Waals surface area contributed by atoms with E-state index < -0.39 is 11.7 Å². The van der Waals surface area contributed by atoms with Crippen molar-refractivity contribution in [2.75, 3.05) is 33.3 Å². The van der Waals surface area contributed by atoms with E-state index in [1.165, 1.54) is 30.5 Å². The van der Waals surface area contributed by atoms with Crippen LogP contribution in [0.15, 0.2) is 18.7 Å². The summed E-state index contributed by atoms with van der Waals surface area (Å²) in [5.74, 6) is 0.378. The number of rotatable bonds is 4. The molecule has 1 aliphatic heterocycles. The topological polar surface area (TPSA) is 118 Å². The second-order valence-electron chi connectivity index (χ2n) is 6.21. The van der Waals surface area contributed by atoms with Gasteiger partial charge in [-0.3, -0.25) is 9.59 Å². The number of ether oxygens (including phenoxy) is 1. The molecule has 1 aliphatic rings. The molecule has 0 bridgehead atoms. The van der Waals surface area contributed by atoms with Gasteiger partial charge in [0.1, 0.15) is 17.9 Å². The lowest BCUT2D eigenvalue weighted by Gasteiger charge is -2.26. The highest BCUT2D eigenvalue weighted by Crippen LogP contribution is 2.31. The Kier molecular flexibility index (Phi) is 4.32. The predicted octanol–water partition coefficient (Wildman–Crippen LogP) is 0.0751. The van der Waals surface area contributed by atoms with Crippen LogP contribution in [0.4, 0.5) is 0 Å². The van der Waals surface area contributed by atoms with Crippen LogP contribution in [-0.4, -0.2) is 74.6 Å². The Morgan fingerprint density at radius 3 is 2.67 bits per heavy atom. The van der Waals surface area contributed by atoms with Gasteiger partial charge >= 0.3 is 0 Å². The molecule has 3 aromatic rings. The molecule has 0 saturated carbocycles. The number of pyridine rings is 1. The molecule has 27 heavy (non-hydrogen) atoms. The van der Waals surface area contributed by atoms with E-state index in [0.717, 1.165) is 0 Å². The summed E-state index contributed by atoms with van der Waals surface area (Å²) in [6, 6.07) is 0. The first kappa shape index (κ1) is 17.2. The van der Waals surface area contributed by atoms with Crippen molar-refractivity contribution in [3.8, 4) is 11.6 Å². The Labute approximate surface area is 154 Å². The number of hydrogen-bond acceptors (Lipinski definition) is 7. The molecule has 1 amide bonds. The Morgan fingerprint density at radius 1 is 1.22 bits per heavy atom. The molecule has 0 spiro atoms. The van der Waals surface area contributed by atoms with Crippen molar-refractivity contribution >= 4 is 22.6 Å². The van der Waals surface area contributed by atoms with Gasteiger partial charge in [0.2, 0.25) is 0 Å². The van der Waals surface area contributed by atoms with Gasteiger partial charge < -0.3 is 19.9 Å². The monoisotopic (exact) mass is 369 g/mol. The zero-order valence-corrected chi connectivity index (χ0v) is 15.0. The third-order valence-corrected chi connectivity index (χ3v) is 4.54. The van der Waals surface area contributed by atoms with Crippen molar-refractivity contribution in [3.05, 3.63) is 30.1 Å². The maximum Gasteiger partial charge on any atom is 0.295 e. The highest BCUT2D eigenvalue weighted by atomic mass is 16.5. The van der Waals surface area contributed by atoms with Crippen LogP contribution < -0.4 is 10.1 Å². The van der Waals surface area contributed by atoms with Gasteiger partial charge in [0.25, 0.3) is 11.7 Å². The maximum absolute atomic E-state index is 12.9. The van der Waals surface area contributed by atoms with Crippen LogP contribution in [0.25, 0.3) is 16.7 Å². The summed E-state index contributed by atoms with van der Waals surface area (Å²) in [4.78, 5) is 38.6. The number of ketones is 1. The lowest BCUT2D eigenvalue weighted by atomic mass is 10.1. The van der Waals surface area contributed by atoms with Crippen molar-refractivity contribution in [1.29, 1.82) is 0 Å². The van der Waals surface area contributed by atoms with E-state index in [4.69, 9.17) is 4.74 Å². The Bertz CT molecular complexity index is 1020. The smallest absolute Gasteiger partial charge is 0.295 e. The van der Waals surface area contributed by atoms with Gasteiger partial charge in [-0.15, -0.1) is 0 Å². The number of carbonyl (C=O) groups excluding carboxylic acids is 2. The lowest BCUT2D eigenvalue weighted by Crippen LogP contribution is -2.48. The quantitative estimate of drug-likeness (QED) is 0.494. The molecule has 0 unspecified atom stereocenters. The molecule has 0 aromatic carbocycles. The second kappa shape index (κ2) is 6.80. The highest BCUT2D eigenvalue weighted by Gasteiger charge is 2.28. The molecule has 0 aliphatic carbocycles. The Hall–Kier alpha value is -3.27. The number of nitrogens with zero attached hydrogens (tertiary/aromatic N) is 5. The van der Waals surface area contributed by atoms with E-state index >= 15 is 0 Å². The molecule has 10 nitrogen and oxygen atoms in total. The van der Waals surface area contributed by atoms with Crippen molar-refractivity contribution in [3.63, 3.8) is 0 Å². The standard InChI is InChI=1S/C17H19N7O3/c1-10-21-9-24(22-10)16-14-13(12(27-2)8-20-16)11(7-19-14)15(25)17(26)23-5-3-18-4-6-23/h7-9,18-19H,3-6H2,1-2H3. The van der Waals surface area contributed by atoms with Crippen LogP contribution in [0.3, 0.4) is 0 Å². The van der Waals surface area contributed by atoms with Gasteiger partial charge in [0, 0.05) is 32.4 Å². The third kappa shape index (κ3) is 2.93. The van der Waals surface area contributed by atoms with E-state index in [0.29, 0.717) is 54.5 Å². The summed E-state index contributed by atoms with van der Waals surface area (Å²) >= 11 is 0. The number of H-pyrrole nitrogens is 1. The van der Waals surface area contributed by atoms with Gasteiger partial charge in [0.15, 0.2) is 5.82 Å². The molecule has 2 N–H and O–H groups in total. The van der Waals surface area contributed by atoms with Crippen LogP contribution >= 0.6 is 0 Å². The van der Waals surface area contributed by atoms with E-state index in [1.807, 2.05) is 0 Å². The highest BCUT2D eigenvalue weighted by molar-refractivity contribution is 6.45. The molecule has 1 fully saturated rings. The number of aromatic nitrogens is 5. The number of amides is 1. The molecule has 1 saturated heterocycles. The van der Waals surface area contributed by atoms with E-state index in [1.54, 1.807) is 11.8 Å². The molecule has 0 radical (unpaired) electrons. The first-order chi connectivity index (χ1) is 13.1. The molecular weight excluding hydrogens is 350 g/mol. The zero-order chi connectivity index (χ0) is 19.0. The van der Waals surface area contributed by atoms with E-state index in [-0.39, 0.29) is 5.56 Å². The lowest BCUT2D eigenvalue weighted by molar-refractivity contribution is -0.126. The number of nitrogens with one attached hydrogen (secondary N) is 2. The van der Waals surface area contributed by atoms with Crippen LogP contribution in [0, 0.1) is 6.92 Å². The fraction of sp³-hybridized carbons (Fsp3) is 0.353. The molecule has 140 valence electrons. The molecule has 10 heteroatoms. The van der Waals surface area contributed by atoms with Crippen LogP contribution in [0.5, 0.6) is 5.75 Å². The summed E-state index contributed by atoms with van der Waals surface area (Å²) in [6.07, 6.45) is 4.57. The molecule has 3 aromatic heterocycles. The number of aromatic amines is 1. The number of piperazine rings is 1. The average Bonchev–Trinajstić information content (AvgIpc) is 3.33. The number of aryl methyl sites for hydroxylation is 1. The second-order valence-corrected chi connectivity index (χ2v) is 6.21. The van der Waals surface area contributed by atoms with E-state index in [9.17, 15) is 9.59 Å². The third-order valence-electron chi connectivity index (χ3n) is 4.54. The molecule has 4 rings (SSSR count). The number of hydrogen-bond donors (Lipinski definition) is 2. The van der Waals surface area contributed by atoms with Crippen molar-refractivity contribution in [1.82, 2.24) is 34.9 Å². The fourth-order valence-electron chi connectivity index (χ4n) is 3.19. The van der Waals surface area contributed by atoms with Gasteiger partial charge in [0.05, 0.1) is 29.8 Å². The van der Waals surface area contributed by atoms with Gasteiger partial charge in [-0.2, -0.15) is 5.10 Å². The van der Waals surface area contributed by atoms with Crippen molar-refractivity contribution in [2.24, 2.45) is 0 Å². The molecule has 4 heterocycles. The SMILES string of the molecule is COc1cnc(-n2cnc(C)n2)c2[nH]cc(C(=O)C(=O)N3CCNCC3)c12. The predicted molar refractivity (Wildman–Crippen MR) is 96.1 cm³/mol. The van der Waals surface area contributed by atoms with Gasteiger partial charge in [-0.1, -0.05) is 0 Å². The summed E-state index contributed by atoms with van der Waals surface area (Å²) < 4.78 is 6.90. The minimum absolute atomic E-state index is 0.255. The summed E-state index contributed by atoms with van der Waals surface area (Å²) in [7, 11) is 1.50. The average molecular weight is 369 g/mol.